The van der Waals surface area contributed by atoms with E-state index < -0.39 is 10.1 Å². The molecule has 1 N–H and O–H groups in total. The molecule has 0 aliphatic rings. The molecule has 150 valence electrons. The van der Waals surface area contributed by atoms with E-state index in [1.54, 1.807) is 36.4 Å². The first-order valence-electron chi connectivity index (χ1n) is 8.07. The summed E-state index contributed by atoms with van der Waals surface area (Å²) in [6, 6.07) is 6.33. The van der Waals surface area contributed by atoms with Crippen LogP contribution in [0.3, 0.4) is 0 Å². The van der Waals surface area contributed by atoms with Crippen LogP contribution < -0.4 is 0 Å². The van der Waals surface area contributed by atoms with Crippen molar-refractivity contribution in [3.8, 4) is 0 Å². The maximum atomic E-state index is 11.4. The number of aliphatic hydroxyl groups excluding tert-OH is 1. The summed E-state index contributed by atoms with van der Waals surface area (Å²) in [6.45, 7) is 22.3. The molecule has 0 atom stereocenters. The number of benzene rings is 1. The van der Waals surface area contributed by atoms with E-state index in [2.05, 4.69) is 30.5 Å². The van der Waals surface area contributed by atoms with E-state index in [9.17, 15) is 8.42 Å². The van der Waals surface area contributed by atoms with Gasteiger partial charge in [0, 0.05) is 0 Å². The molecule has 26 heavy (non-hydrogen) atoms. The molecule has 5 heteroatoms. The Hall–Kier alpha value is -1.95. The van der Waals surface area contributed by atoms with Gasteiger partial charge in [-0.1, -0.05) is 42.0 Å². The first-order chi connectivity index (χ1) is 12.2. The normalized spacial score (nSPS) is 8.23. The SMILES string of the molecule is C=CC.C=CC.C=CC.C=CC.Cc1ccc(S(=O)(=O)OCCO)cc1. The Bertz CT molecular complexity index is 520. The molecule has 0 heterocycles. The van der Waals surface area contributed by atoms with Crippen LogP contribution in [0.1, 0.15) is 33.3 Å². The molecular formula is C21H36O4S. The van der Waals surface area contributed by atoms with Gasteiger partial charge in [-0.15, -0.1) is 26.3 Å². The van der Waals surface area contributed by atoms with Gasteiger partial charge in [0.15, 0.2) is 0 Å². The average molecular weight is 385 g/mol. The van der Waals surface area contributed by atoms with Crippen LogP contribution in [0.4, 0.5) is 0 Å². The molecule has 0 fully saturated rings. The van der Waals surface area contributed by atoms with E-state index in [1.165, 1.54) is 12.1 Å². The van der Waals surface area contributed by atoms with Crippen molar-refractivity contribution >= 4 is 10.1 Å². The van der Waals surface area contributed by atoms with Crippen molar-refractivity contribution in [3.63, 3.8) is 0 Å². The average Bonchev–Trinajstić information content (AvgIpc) is 2.56. The molecule has 0 amide bonds. The summed E-state index contributed by atoms with van der Waals surface area (Å²) in [5.41, 5.74) is 0.978. The molecule has 0 aromatic heterocycles. The fourth-order valence-electron chi connectivity index (χ4n) is 0.920. The van der Waals surface area contributed by atoms with Crippen LogP contribution in [-0.2, 0) is 14.3 Å². The fraction of sp³-hybridized carbons (Fsp3) is 0.333. The summed E-state index contributed by atoms with van der Waals surface area (Å²) >= 11 is 0. The molecule has 1 rings (SSSR count). The summed E-state index contributed by atoms with van der Waals surface area (Å²) in [5.74, 6) is 0. The maximum absolute atomic E-state index is 11.4. The molecule has 0 aliphatic carbocycles. The van der Waals surface area contributed by atoms with Gasteiger partial charge in [-0.25, -0.2) is 0 Å². The van der Waals surface area contributed by atoms with Gasteiger partial charge in [-0.3, -0.25) is 4.18 Å². The molecular weight excluding hydrogens is 348 g/mol. The summed E-state index contributed by atoms with van der Waals surface area (Å²) in [5, 5.41) is 8.43. The van der Waals surface area contributed by atoms with Crippen molar-refractivity contribution < 1.29 is 17.7 Å². The Morgan fingerprint density at radius 2 is 1.19 bits per heavy atom. The smallest absolute Gasteiger partial charge is 0.297 e. The third-order valence-electron chi connectivity index (χ3n) is 1.64. The summed E-state index contributed by atoms with van der Waals surface area (Å²) in [4.78, 5) is 0.108. The van der Waals surface area contributed by atoms with Crippen LogP contribution in [0.2, 0.25) is 0 Å². The minimum Gasteiger partial charge on any atom is -0.394 e. The first-order valence-corrected chi connectivity index (χ1v) is 9.48. The molecule has 0 spiro atoms. The van der Waals surface area contributed by atoms with Gasteiger partial charge in [-0.2, -0.15) is 8.42 Å². The lowest BCUT2D eigenvalue weighted by atomic mass is 10.2. The van der Waals surface area contributed by atoms with Crippen LogP contribution in [0, 0.1) is 6.92 Å². The highest BCUT2D eigenvalue weighted by Crippen LogP contribution is 2.12. The van der Waals surface area contributed by atoms with Crippen LogP contribution in [0.15, 0.2) is 79.8 Å². The largest absolute Gasteiger partial charge is 0.394 e. The Balaban J connectivity index is -0.000000167. The highest BCUT2D eigenvalue weighted by atomic mass is 32.2. The third-order valence-corrected chi connectivity index (χ3v) is 2.97. The van der Waals surface area contributed by atoms with Crippen molar-refractivity contribution in [3.05, 3.63) is 80.4 Å². The van der Waals surface area contributed by atoms with Gasteiger partial charge in [-0.05, 0) is 46.8 Å². The van der Waals surface area contributed by atoms with Crippen LogP contribution in [-0.4, -0.2) is 26.7 Å². The first kappa shape index (κ1) is 31.8. The number of allylic oxidation sites excluding steroid dienone is 4. The lowest BCUT2D eigenvalue weighted by Crippen LogP contribution is -2.09. The molecule has 1 aromatic rings. The maximum Gasteiger partial charge on any atom is 0.297 e. The summed E-state index contributed by atoms with van der Waals surface area (Å²) in [6.07, 6.45) is 7.00. The van der Waals surface area contributed by atoms with E-state index in [4.69, 9.17) is 5.11 Å². The zero-order chi connectivity index (χ0) is 21.4. The topological polar surface area (TPSA) is 63.6 Å². The predicted octanol–water partition coefficient (Wildman–Crippen LogP) is 5.46. The van der Waals surface area contributed by atoms with Crippen molar-refractivity contribution in [2.24, 2.45) is 0 Å². The molecule has 0 saturated carbocycles. The molecule has 0 saturated heterocycles. The van der Waals surface area contributed by atoms with E-state index >= 15 is 0 Å². The standard InChI is InChI=1S/C9H12O4S.4C3H6/c1-8-2-4-9(5-3-8)14(11,12)13-7-6-10;4*1-3-2/h2-5,10H,6-7H2,1H3;4*3H,1H2,2H3. The van der Waals surface area contributed by atoms with Gasteiger partial charge in [0.1, 0.15) is 0 Å². The lowest BCUT2D eigenvalue weighted by Gasteiger charge is -2.03. The molecule has 4 nitrogen and oxygen atoms in total. The Labute approximate surface area is 161 Å². The number of hydrogen-bond donors (Lipinski definition) is 1. The molecule has 0 radical (unpaired) electrons. The molecule has 0 unspecified atom stereocenters. The lowest BCUT2D eigenvalue weighted by molar-refractivity contribution is 0.205. The van der Waals surface area contributed by atoms with Gasteiger partial charge >= 0.3 is 0 Å². The minimum atomic E-state index is -3.70. The molecule has 1 aromatic carbocycles. The highest BCUT2D eigenvalue weighted by molar-refractivity contribution is 7.86. The van der Waals surface area contributed by atoms with Crippen molar-refractivity contribution in [2.45, 2.75) is 39.5 Å². The number of rotatable bonds is 4. The zero-order valence-electron chi connectivity index (χ0n) is 16.9. The predicted molar refractivity (Wildman–Crippen MR) is 115 cm³/mol. The molecule has 0 bridgehead atoms. The Morgan fingerprint density at radius 1 is 0.885 bits per heavy atom. The quantitative estimate of drug-likeness (QED) is 0.553. The van der Waals surface area contributed by atoms with Gasteiger partial charge in [0.05, 0.1) is 18.1 Å². The van der Waals surface area contributed by atoms with Crippen molar-refractivity contribution in [2.75, 3.05) is 13.2 Å². The highest BCUT2D eigenvalue weighted by Gasteiger charge is 2.13. The van der Waals surface area contributed by atoms with E-state index in [1.807, 2.05) is 34.6 Å². The fourth-order valence-corrected chi connectivity index (χ4v) is 1.82. The number of aliphatic hydroxyl groups is 1. The third kappa shape index (κ3) is 26.9. The monoisotopic (exact) mass is 384 g/mol. The van der Waals surface area contributed by atoms with E-state index in [0.717, 1.165) is 5.56 Å². The van der Waals surface area contributed by atoms with Gasteiger partial charge in [0.2, 0.25) is 0 Å². The van der Waals surface area contributed by atoms with Crippen LogP contribution >= 0.6 is 0 Å². The zero-order valence-corrected chi connectivity index (χ0v) is 17.8. The number of aryl methyl sites for hydroxylation is 1. The van der Waals surface area contributed by atoms with Crippen LogP contribution in [0.5, 0.6) is 0 Å². The van der Waals surface area contributed by atoms with Gasteiger partial charge in [0.25, 0.3) is 10.1 Å². The summed E-state index contributed by atoms with van der Waals surface area (Å²) in [7, 11) is -3.70. The van der Waals surface area contributed by atoms with Crippen LogP contribution in [0.25, 0.3) is 0 Å². The molecule has 0 aliphatic heterocycles. The van der Waals surface area contributed by atoms with Crippen molar-refractivity contribution in [1.82, 2.24) is 0 Å². The number of hydrogen-bond acceptors (Lipinski definition) is 4. The Morgan fingerprint density at radius 3 is 1.46 bits per heavy atom. The Kier molecular flexibility index (Phi) is 30.9. The second-order valence-corrected chi connectivity index (χ2v) is 6.06. The van der Waals surface area contributed by atoms with E-state index in [-0.39, 0.29) is 18.1 Å². The van der Waals surface area contributed by atoms with Gasteiger partial charge < -0.3 is 5.11 Å². The second kappa shape index (κ2) is 25.3. The second-order valence-electron chi connectivity index (χ2n) is 4.45. The summed E-state index contributed by atoms with van der Waals surface area (Å²) < 4.78 is 27.3. The van der Waals surface area contributed by atoms with E-state index in [0.29, 0.717) is 0 Å². The minimum absolute atomic E-state index is 0.108. The van der Waals surface area contributed by atoms with Crippen molar-refractivity contribution in [1.29, 1.82) is 0 Å².